The molecule has 1 aromatic carbocycles. The fourth-order valence-electron chi connectivity index (χ4n) is 1.36. The van der Waals surface area contributed by atoms with E-state index >= 15 is 0 Å². The van der Waals surface area contributed by atoms with Crippen molar-refractivity contribution in [1.29, 1.82) is 0 Å². The maximum Gasteiger partial charge on any atom is 0.416 e. The van der Waals surface area contributed by atoms with Gasteiger partial charge in [0.1, 0.15) is 0 Å². The van der Waals surface area contributed by atoms with Gasteiger partial charge in [0, 0.05) is 12.2 Å². The SMILES string of the molecule is FC(F)(F)c1ccc(NC2=NCCN2)cc1. The number of aliphatic imine (C=N–C) groups is 1. The van der Waals surface area contributed by atoms with Crippen LogP contribution >= 0.6 is 0 Å². The lowest BCUT2D eigenvalue weighted by Crippen LogP contribution is -2.26. The zero-order valence-corrected chi connectivity index (χ0v) is 8.30. The molecule has 1 aliphatic heterocycles. The second-order valence-electron chi connectivity index (χ2n) is 3.36. The second kappa shape index (κ2) is 4.03. The van der Waals surface area contributed by atoms with Crippen LogP contribution in [0.2, 0.25) is 0 Å². The molecule has 86 valence electrons. The highest BCUT2D eigenvalue weighted by molar-refractivity contribution is 5.94. The Morgan fingerprint density at radius 2 is 1.88 bits per heavy atom. The van der Waals surface area contributed by atoms with Crippen LogP contribution < -0.4 is 10.6 Å². The van der Waals surface area contributed by atoms with Crippen molar-refractivity contribution in [1.82, 2.24) is 5.32 Å². The van der Waals surface area contributed by atoms with Crippen LogP contribution in [-0.2, 0) is 6.18 Å². The molecular formula is C10H10F3N3. The summed E-state index contributed by atoms with van der Waals surface area (Å²) in [5.41, 5.74) is -0.0690. The lowest BCUT2D eigenvalue weighted by atomic mass is 10.2. The van der Waals surface area contributed by atoms with Gasteiger partial charge in [-0.3, -0.25) is 4.99 Å². The van der Waals surface area contributed by atoms with Crippen molar-refractivity contribution >= 4 is 11.6 Å². The van der Waals surface area contributed by atoms with Crippen molar-refractivity contribution in [2.24, 2.45) is 4.99 Å². The average molecular weight is 229 g/mol. The molecule has 0 fully saturated rings. The molecule has 3 nitrogen and oxygen atoms in total. The van der Waals surface area contributed by atoms with Gasteiger partial charge >= 0.3 is 6.18 Å². The van der Waals surface area contributed by atoms with Gasteiger partial charge in [-0.15, -0.1) is 0 Å². The highest BCUT2D eigenvalue weighted by atomic mass is 19.4. The van der Waals surface area contributed by atoms with Crippen LogP contribution in [0.15, 0.2) is 29.3 Å². The molecule has 0 radical (unpaired) electrons. The molecule has 0 unspecified atom stereocenters. The van der Waals surface area contributed by atoms with Crippen LogP contribution in [0.4, 0.5) is 18.9 Å². The van der Waals surface area contributed by atoms with Gasteiger partial charge in [0.15, 0.2) is 5.96 Å². The summed E-state index contributed by atoms with van der Waals surface area (Å²) in [7, 11) is 0. The molecule has 2 N–H and O–H groups in total. The van der Waals surface area contributed by atoms with Crippen LogP contribution in [0.25, 0.3) is 0 Å². The van der Waals surface area contributed by atoms with E-state index in [0.29, 0.717) is 18.2 Å². The maximum absolute atomic E-state index is 12.3. The molecule has 16 heavy (non-hydrogen) atoms. The van der Waals surface area contributed by atoms with E-state index in [2.05, 4.69) is 15.6 Å². The van der Waals surface area contributed by atoms with E-state index in [1.807, 2.05) is 0 Å². The van der Waals surface area contributed by atoms with Gasteiger partial charge in [-0.2, -0.15) is 13.2 Å². The Hall–Kier alpha value is -1.72. The molecule has 0 amide bonds. The Balaban J connectivity index is 2.07. The summed E-state index contributed by atoms with van der Waals surface area (Å²) in [6, 6.07) is 4.84. The monoisotopic (exact) mass is 229 g/mol. The van der Waals surface area contributed by atoms with Gasteiger partial charge in [0.2, 0.25) is 0 Å². The number of halogens is 3. The summed E-state index contributed by atoms with van der Waals surface area (Å²) in [5, 5.41) is 5.86. The van der Waals surface area contributed by atoms with Gasteiger partial charge < -0.3 is 10.6 Å². The number of hydrogen-bond acceptors (Lipinski definition) is 3. The first-order valence-corrected chi connectivity index (χ1v) is 4.78. The fourth-order valence-corrected chi connectivity index (χ4v) is 1.36. The van der Waals surface area contributed by atoms with E-state index < -0.39 is 11.7 Å². The summed E-state index contributed by atoms with van der Waals surface area (Å²) >= 11 is 0. The van der Waals surface area contributed by atoms with E-state index in [4.69, 9.17) is 0 Å². The van der Waals surface area contributed by atoms with Crippen molar-refractivity contribution in [3.8, 4) is 0 Å². The minimum atomic E-state index is -4.29. The van der Waals surface area contributed by atoms with Crippen LogP contribution in [0.5, 0.6) is 0 Å². The Morgan fingerprint density at radius 1 is 1.19 bits per heavy atom. The number of rotatable bonds is 1. The van der Waals surface area contributed by atoms with Gasteiger partial charge in [-0.05, 0) is 24.3 Å². The van der Waals surface area contributed by atoms with Crippen molar-refractivity contribution < 1.29 is 13.2 Å². The predicted octanol–water partition coefficient (Wildman–Crippen LogP) is 2.08. The first kappa shape index (κ1) is 10.8. The van der Waals surface area contributed by atoms with Crippen LogP contribution in [0.1, 0.15) is 5.56 Å². The van der Waals surface area contributed by atoms with Gasteiger partial charge in [-0.1, -0.05) is 0 Å². The second-order valence-corrected chi connectivity index (χ2v) is 3.36. The first-order valence-electron chi connectivity index (χ1n) is 4.78. The van der Waals surface area contributed by atoms with Crippen LogP contribution in [0.3, 0.4) is 0 Å². The van der Waals surface area contributed by atoms with Crippen molar-refractivity contribution in [2.45, 2.75) is 6.18 Å². The zero-order valence-electron chi connectivity index (χ0n) is 8.30. The van der Waals surface area contributed by atoms with Gasteiger partial charge in [0.25, 0.3) is 0 Å². The zero-order chi connectivity index (χ0) is 11.6. The third-order valence-corrected chi connectivity index (χ3v) is 2.15. The molecule has 6 heteroatoms. The number of nitrogens with zero attached hydrogens (tertiary/aromatic N) is 1. The van der Waals surface area contributed by atoms with Crippen LogP contribution in [-0.4, -0.2) is 19.0 Å². The topological polar surface area (TPSA) is 36.4 Å². The minimum absolute atomic E-state index is 0.584. The van der Waals surface area contributed by atoms with Crippen molar-refractivity contribution in [3.63, 3.8) is 0 Å². The number of guanidine groups is 1. The standard InChI is InChI=1S/C10H10F3N3/c11-10(12,13)7-1-3-8(4-2-7)16-9-14-5-6-15-9/h1-4H,5-6H2,(H2,14,15,16). The number of benzene rings is 1. The lowest BCUT2D eigenvalue weighted by Gasteiger charge is -2.09. The average Bonchev–Trinajstić information content (AvgIpc) is 2.70. The van der Waals surface area contributed by atoms with E-state index in [-0.39, 0.29) is 0 Å². The Kier molecular flexibility index (Phi) is 2.72. The largest absolute Gasteiger partial charge is 0.416 e. The lowest BCUT2D eigenvalue weighted by molar-refractivity contribution is -0.137. The summed E-state index contributed by atoms with van der Waals surface area (Å²) in [5.74, 6) is 0.597. The van der Waals surface area contributed by atoms with Crippen molar-refractivity contribution in [3.05, 3.63) is 29.8 Å². The molecule has 2 rings (SSSR count). The maximum atomic E-state index is 12.3. The molecule has 0 spiro atoms. The summed E-state index contributed by atoms with van der Waals surface area (Å²) in [6.07, 6.45) is -4.29. The van der Waals surface area contributed by atoms with E-state index in [0.717, 1.165) is 18.7 Å². The number of alkyl halides is 3. The van der Waals surface area contributed by atoms with E-state index in [1.165, 1.54) is 12.1 Å². The van der Waals surface area contributed by atoms with Gasteiger partial charge in [0.05, 0.1) is 12.1 Å². The molecule has 0 saturated heterocycles. The number of nitrogens with one attached hydrogen (secondary N) is 2. The molecule has 0 atom stereocenters. The van der Waals surface area contributed by atoms with Crippen LogP contribution in [0, 0.1) is 0 Å². The smallest absolute Gasteiger partial charge is 0.354 e. The van der Waals surface area contributed by atoms with E-state index in [9.17, 15) is 13.2 Å². The third kappa shape index (κ3) is 2.44. The first-order chi connectivity index (χ1) is 7.55. The highest BCUT2D eigenvalue weighted by Crippen LogP contribution is 2.29. The van der Waals surface area contributed by atoms with Gasteiger partial charge in [-0.25, -0.2) is 0 Å². The Morgan fingerprint density at radius 3 is 2.38 bits per heavy atom. The molecule has 1 aromatic rings. The summed E-state index contributed by atoms with van der Waals surface area (Å²) in [4.78, 5) is 4.07. The molecule has 0 bridgehead atoms. The number of anilines is 1. The molecule has 0 aliphatic carbocycles. The Labute approximate surface area is 90.4 Å². The molecule has 1 aliphatic rings. The normalized spacial score (nSPS) is 15.6. The molecular weight excluding hydrogens is 219 g/mol. The fraction of sp³-hybridized carbons (Fsp3) is 0.300. The highest BCUT2D eigenvalue weighted by Gasteiger charge is 2.29. The summed E-state index contributed by atoms with van der Waals surface area (Å²) < 4.78 is 36.8. The predicted molar refractivity (Wildman–Crippen MR) is 55.4 cm³/mol. The molecule has 0 saturated carbocycles. The Bertz CT molecular complexity index is 395. The minimum Gasteiger partial charge on any atom is -0.354 e. The molecule has 0 aromatic heterocycles. The van der Waals surface area contributed by atoms with Crippen molar-refractivity contribution in [2.75, 3.05) is 18.4 Å². The summed E-state index contributed by atoms with van der Waals surface area (Å²) in [6.45, 7) is 1.44. The van der Waals surface area contributed by atoms with E-state index in [1.54, 1.807) is 0 Å². The molecule has 1 heterocycles. The third-order valence-electron chi connectivity index (χ3n) is 2.15. The quantitative estimate of drug-likeness (QED) is 0.773. The number of hydrogen-bond donors (Lipinski definition) is 2.